The molecule has 0 aromatic carbocycles. The van der Waals surface area contributed by atoms with Gasteiger partial charge in [-0.1, -0.05) is 0 Å². The van der Waals surface area contributed by atoms with Crippen LogP contribution in [0.15, 0.2) is 18.3 Å². The molecule has 1 aromatic heterocycles. The summed E-state index contributed by atoms with van der Waals surface area (Å²) in [4.78, 5) is 3.61. The Balaban J connectivity index is 3.02. The van der Waals surface area contributed by atoms with E-state index in [0.717, 1.165) is 0 Å². The van der Waals surface area contributed by atoms with Gasteiger partial charge in [-0.2, -0.15) is 0 Å². The lowest BCUT2D eigenvalue weighted by Gasteiger charge is -1.80. The van der Waals surface area contributed by atoms with Crippen LogP contribution in [0.3, 0.4) is 0 Å². The van der Waals surface area contributed by atoms with Gasteiger partial charge in [0.15, 0.2) is 0 Å². The first-order chi connectivity index (χ1) is 3.39. The molecular formula is C5H4N2. The van der Waals surface area contributed by atoms with Crippen LogP contribution in [-0.2, 0) is 0 Å². The number of rotatable bonds is 0. The van der Waals surface area contributed by atoms with Gasteiger partial charge in [-0.05, 0) is 18.2 Å². The van der Waals surface area contributed by atoms with E-state index >= 15 is 0 Å². The minimum absolute atomic E-state index is 0.266. The van der Waals surface area contributed by atoms with Gasteiger partial charge in [-0.3, -0.25) is 5.73 Å². The Kier molecular flexibility index (Phi) is 0.941. The van der Waals surface area contributed by atoms with E-state index in [2.05, 4.69) is 11.1 Å². The maximum atomic E-state index is 6.85. The summed E-state index contributed by atoms with van der Waals surface area (Å²) in [6.45, 7) is 0. The summed E-state index contributed by atoms with van der Waals surface area (Å²) in [5.74, 6) is 0.266. The molecule has 0 bridgehead atoms. The summed E-state index contributed by atoms with van der Waals surface area (Å²) >= 11 is 0. The molecule has 0 fully saturated rings. The number of hydrogen-bond acceptors (Lipinski definition) is 1. The number of aromatic nitrogens is 1. The maximum Gasteiger partial charge on any atom is 0.144 e. The molecule has 0 aliphatic carbocycles. The number of hydrogen-bond donors (Lipinski definition) is 0. The van der Waals surface area contributed by atoms with Crippen molar-refractivity contribution in [1.29, 1.82) is 0 Å². The predicted octanol–water partition coefficient (Wildman–Crippen LogP) is 0.796. The van der Waals surface area contributed by atoms with Crippen LogP contribution < -0.4 is 5.73 Å². The highest BCUT2D eigenvalue weighted by Gasteiger charge is 1.75. The van der Waals surface area contributed by atoms with E-state index in [1.54, 1.807) is 12.3 Å². The quantitative estimate of drug-likeness (QED) is 0.466. The monoisotopic (exact) mass is 92.0 g/mol. The average Bonchev–Trinajstić information content (AvgIpc) is 1.69. The average molecular weight is 92.1 g/mol. The van der Waals surface area contributed by atoms with E-state index in [0.29, 0.717) is 0 Å². The first-order valence-electron chi connectivity index (χ1n) is 1.93. The van der Waals surface area contributed by atoms with Gasteiger partial charge in [0.2, 0.25) is 0 Å². The van der Waals surface area contributed by atoms with Crippen molar-refractivity contribution in [2.24, 2.45) is 0 Å². The van der Waals surface area contributed by atoms with Crippen molar-refractivity contribution in [2.45, 2.75) is 0 Å². The van der Waals surface area contributed by atoms with E-state index in [1.807, 2.05) is 0 Å². The third-order valence-corrected chi connectivity index (χ3v) is 0.604. The third kappa shape index (κ3) is 0.892. The topological polar surface area (TPSA) is 36.7 Å². The minimum atomic E-state index is 0.266. The number of nitrogens with one attached hydrogen (secondary N) is 1. The first kappa shape index (κ1) is 4.12. The van der Waals surface area contributed by atoms with Crippen LogP contribution in [0.25, 0.3) is 0 Å². The van der Waals surface area contributed by atoms with Crippen LogP contribution in [0.5, 0.6) is 0 Å². The van der Waals surface area contributed by atoms with Crippen molar-refractivity contribution >= 4 is 5.82 Å². The van der Waals surface area contributed by atoms with Gasteiger partial charge in [-0.15, -0.1) is 0 Å². The van der Waals surface area contributed by atoms with Gasteiger partial charge in [0.1, 0.15) is 5.82 Å². The summed E-state index contributed by atoms with van der Waals surface area (Å²) in [5.41, 5.74) is 6.85. The normalized spacial score (nSPS) is 8.57. The van der Waals surface area contributed by atoms with Crippen molar-refractivity contribution in [3.8, 4) is 0 Å². The van der Waals surface area contributed by atoms with Crippen molar-refractivity contribution in [1.82, 2.24) is 10.7 Å². The summed E-state index contributed by atoms with van der Waals surface area (Å²) in [5, 5.41) is 0. The molecule has 0 unspecified atom stereocenters. The molecule has 7 heavy (non-hydrogen) atoms. The third-order valence-electron chi connectivity index (χ3n) is 0.604. The van der Waals surface area contributed by atoms with Crippen LogP contribution in [0, 0.1) is 6.07 Å². The highest BCUT2D eigenvalue weighted by atomic mass is 14.8. The zero-order chi connectivity index (χ0) is 5.11. The largest absolute Gasteiger partial charge is 0.283 e. The van der Waals surface area contributed by atoms with E-state index in [1.165, 1.54) is 6.07 Å². The lowest BCUT2D eigenvalue weighted by atomic mass is 10.5. The fourth-order valence-corrected chi connectivity index (χ4v) is 0.325. The predicted molar refractivity (Wildman–Crippen MR) is 25.8 cm³/mol. The van der Waals surface area contributed by atoms with Gasteiger partial charge in [0.05, 0.1) is 0 Å². The van der Waals surface area contributed by atoms with Crippen molar-refractivity contribution in [2.75, 3.05) is 0 Å². The molecule has 1 N–H and O–H groups in total. The lowest BCUT2D eigenvalue weighted by molar-refractivity contribution is 1.25. The molecule has 0 aliphatic rings. The molecule has 0 saturated carbocycles. The van der Waals surface area contributed by atoms with Crippen LogP contribution in [0.1, 0.15) is 0 Å². The Morgan fingerprint density at radius 1 is 1.71 bits per heavy atom. The second-order valence-corrected chi connectivity index (χ2v) is 1.14. The molecule has 0 saturated heterocycles. The SMILES string of the molecule is [NH]c1c[c]ccn1. The van der Waals surface area contributed by atoms with Crippen molar-refractivity contribution < 1.29 is 0 Å². The standard InChI is InChI=1S/C5H4N2/c6-5-3-1-2-4-7-5/h2-4,6H. The smallest absolute Gasteiger partial charge is 0.144 e. The molecule has 34 valence electrons. The number of pyridine rings is 1. The highest BCUT2D eigenvalue weighted by Crippen LogP contribution is 1.91. The number of nitrogens with zero attached hydrogens (tertiary/aromatic N) is 1. The molecule has 1 heterocycles. The van der Waals surface area contributed by atoms with Gasteiger partial charge in [0, 0.05) is 6.20 Å². The molecular weight excluding hydrogens is 88.1 g/mol. The zero-order valence-corrected chi connectivity index (χ0v) is 3.68. The molecule has 1 rings (SSSR count). The summed E-state index contributed by atoms with van der Waals surface area (Å²) in [6.07, 6.45) is 1.54. The van der Waals surface area contributed by atoms with Gasteiger partial charge in [0.25, 0.3) is 0 Å². The lowest BCUT2D eigenvalue weighted by Crippen LogP contribution is -1.71. The molecule has 2 nitrogen and oxygen atoms in total. The van der Waals surface area contributed by atoms with Gasteiger partial charge in [-0.25, -0.2) is 4.98 Å². The van der Waals surface area contributed by atoms with Crippen LogP contribution in [0.2, 0.25) is 0 Å². The minimum Gasteiger partial charge on any atom is -0.283 e. The van der Waals surface area contributed by atoms with E-state index in [4.69, 9.17) is 5.73 Å². The van der Waals surface area contributed by atoms with Gasteiger partial charge >= 0.3 is 0 Å². The highest BCUT2D eigenvalue weighted by molar-refractivity contribution is 5.19. The fraction of sp³-hybridized carbons (Fsp3) is 0. The molecule has 2 radical (unpaired) electrons. The molecule has 0 amide bonds. The first-order valence-corrected chi connectivity index (χ1v) is 1.93. The molecule has 1 aromatic rings. The van der Waals surface area contributed by atoms with E-state index in [9.17, 15) is 0 Å². The Hall–Kier alpha value is -1.05. The summed E-state index contributed by atoms with van der Waals surface area (Å²) in [6, 6.07) is 5.89. The van der Waals surface area contributed by atoms with Gasteiger partial charge < -0.3 is 0 Å². The summed E-state index contributed by atoms with van der Waals surface area (Å²) < 4.78 is 0. The van der Waals surface area contributed by atoms with E-state index < -0.39 is 0 Å². The molecule has 0 aliphatic heterocycles. The Morgan fingerprint density at radius 2 is 2.57 bits per heavy atom. The van der Waals surface area contributed by atoms with Crippen molar-refractivity contribution in [3.05, 3.63) is 24.4 Å². The van der Waals surface area contributed by atoms with Crippen LogP contribution in [0.4, 0.5) is 5.82 Å². The second-order valence-electron chi connectivity index (χ2n) is 1.14. The molecule has 0 atom stereocenters. The Bertz CT molecular complexity index is 136. The van der Waals surface area contributed by atoms with Crippen molar-refractivity contribution in [3.63, 3.8) is 0 Å². The maximum absolute atomic E-state index is 6.85. The molecule has 0 spiro atoms. The van der Waals surface area contributed by atoms with E-state index in [-0.39, 0.29) is 5.82 Å². The fourth-order valence-electron chi connectivity index (χ4n) is 0.325. The summed E-state index contributed by atoms with van der Waals surface area (Å²) in [7, 11) is 0. The Morgan fingerprint density at radius 3 is 2.86 bits per heavy atom. The molecule has 2 heteroatoms. The van der Waals surface area contributed by atoms with Crippen LogP contribution in [-0.4, -0.2) is 4.98 Å². The van der Waals surface area contributed by atoms with Crippen LogP contribution >= 0.6 is 0 Å². The zero-order valence-electron chi connectivity index (χ0n) is 3.68. The second kappa shape index (κ2) is 1.60. The Labute approximate surface area is 42.0 Å².